The van der Waals surface area contributed by atoms with Gasteiger partial charge in [0, 0.05) is 22.7 Å². The molecule has 1 N–H and O–H groups in total. The van der Waals surface area contributed by atoms with Crippen LogP contribution in [0.15, 0.2) is 59.1 Å². The molecule has 0 amide bonds. The highest BCUT2D eigenvalue weighted by molar-refractivity contribution is 6.30. The predicted molar refractivity (Wildman–Crippen MR) is 101 cm³/mol. The molecule has 5 rings (SSSR count). The highest BCUT2D eigenvalue weighted by Gasteiger charge is 2.45. The van der Waals surface area contributed by atoms with Crippen LogP contribution < -0.4 is 5.32 Å². The fourth-order valence-corrected chi connectivity index (χ4v) is 4.65. The lowest BCUT2D eigenvalue weighted by molar-refractivity contribution is 0.254. The molecule has 1 aromatic heterocycles. The molecule has 0 saturated carbocycles. The first-order chi connectivity index (χ1) is 12.8. The molecule has 2 bridgehead atoms. The molecule has 3 aromatic rings. The summed E-state index contributed by atoms with van der Waals surface area (Å²) in [5.41, 5.74) is 2.29. The zero-order valence-electron chi connectivity index (χ0n) is 14.3. The number of hydrogen-bond donors (Lipinski definition) is 1. The standard InChI is InChI=1S/C21H20ClN3O/c22-15-8-6-13(7-9-15)17-12-16-10-11-18(23-16)19(17)21-24-20(25-26-21)14-4-2-1-3-5-14/h1-9,16-19,23H,10-12H2/t16?,17-,18-,19+/m1/s1. The van der Waals surface area contributed by atoms with E-state index in [1.165, 1.54) is 12.0 Å². The quantitative estimate of drug-likeness (QED) is 0.725. The van der Waals surface area contributed by atoms with Crippen LogP contribution >= 0.6 is 11.6 Å². The first-order valence-corrected chi connectivity index (χ1v) is 9.56. The molecule has 4 nitrogen and oxygen atoms in total. The number of aromatic nitrogens is 2. The Kier molecular flexibility index (Phi) is 4.03. The van der Waals surface area contributed by atoms with Gasteiger partial charge in [-0.05, 0) is 42.9 Å². The monoisotopic (exact) mass is 365 g/mol. The van der Waals surface area contributed by atoms with Gasteiger partial charge in [-0.3, -0.25) is 0 Å². The van der Waals surface area contributed by atoms with Crippen molar-refractivity contribution in [3.05, 3.63) is 71.1 Å². The number of halogens is 1. The highest BCUT2D eigenvalue weighted by Crippen LogP contribution is 2.47. The maximum Gasteiger partial charge on any atom is 0.232 e. The fourth-order valence-electron chi connectivity index (χ4n) is 4.53. The smallest absolute Gasteiger partial charge is 0.232 e. The molecule has 2 saturated heterocycles. The summed E-state index contributed by atoms with van der Waals surface area (Å²) < 4.78 is 5.76. The zero-order chi connectivity index (χ0) is 17.5. The van der Waals surface area contributed by atoms with Gasteiger partial charge >= 0.3 is 0 Å². The Labute approximate surface area is 157 Å². The van der Waals surface area contributed by atoms with Crippen LogP contribution in [0.25, 0.3) is 11.4 Å². The maximum absolute atomic E-state index is 6.09. The topological polar surface area (TPSA) is 51.0 Å². The van der Waals surface area contributed by atoms with E-state index in [1.54, 1.807) is 0 Å². The molecule has 2 aromatic carbocycles. The summed E-state index contributed by atoms with van der Waals surface area (Å²) in [7, 11) is 0. The molecule has 4 atom stereocenters. The third-order valence-electron chi connectivity index (χ3n) is 5.74. The first kappa shape index (κ1) is 16.0. The Morgan fingerprint density at radius 2 is 1.81 bits per heavy atom. The Hall–Kier alpha value is -2.17. The summed E-state index contributed by atoms with van der Waals surface area (Å²) in [5.74, 6) is 1.97. The molecule has 0 spiro atoms. The van der Waals surface area contributed by atoms with Gasteiger partial charge in [0.25, 0.3) is 0 Å². The van der Waals surface area contributed by atoms with Crippen molar-refractivity contribution in [1.29, 1.82) is 0 Å². The molecule has 132 valence electrons. The lowest BCUT2D eigenvalue weighted by Crippen LogP contribution is -2.43. The normalized spacial score (nSPS) is 27.6. The largest absolute Gasteiger partial charge is 0.339 e. The van der Waals surface area contributed by atoms with Gasteiger partial charge in [0.2, 0.25) is 11.7 Å². The van der Waals surface area contributed by atoms with Gasteiger partial charge in [-0.2, -0.15) is 4.98 Å². The third kappa shape index (κ3) is 2.83. The molecule has 1 unspecified atom stereocenters. The first-order valence-electron chi connectivity index (χ1n) is 9.18. The van der Waals surface area contributed by atoms with Gasteiger partial charge in [0.15, 0.2) is 0 Å². The molecular weight excluding hydrogens is 346 g/mol. The number of nitrogens with one attached hydrogen (secondary N) is 1. The van der Waals surface area contributed by atoms with Gasteiger partial charge < -0.3 is 9.84 Å². The van der Waals surface area contributed by atoms with Crippen molar-refractivity contribution >= 4 is 11.6 Å². The second kappa shape index (κ2) is 6.53. The number of hydrogen-bond acceptors (Lipinski definition) is 4. The van der Waals surface area contributed by atoms with Gasteiger partial charge in [-0.15, -0.1) is 0 Å². The summed E-state index contributed by atoms with van der Waals surface area (Å²) in [4.78, 5) is 4.77. The SMILES string of the molecule is Clc1ccc([C@H]2CC3CC[C@@H](N3)[C@H]2c2nc(-c3ccccc3)no2)cc1. The average molecular weight is 366 g/mol. The molecule has 2 aliphatic rings. The molecular formula is C21H20ClN3O. The summed E-state index contributed by atoms with van der Waals surface area (Å²) in [6.45, 7) is 0. The Morgan fingerprint density at radius 1 is 1.00 bits per heavy atom. The minimum Gasteiger partial charge on any atom is -0.339 e. The molecule has 2 aliphatic heterocycles. The summed E-state index contributed by atoms with van der Waals surface area (Å²) in [6.07, 6.45) is 3.46. The molecule has 0 aliphatic carbocycles. The van der Waals surface area contributed by atoms with E-state index in [4.69, 9.17) is 21.1 Å². The number of rotatable bonds is 3. The molecule has 0 radical (unpaired) electrons. The van der Waals surface area contributed by atoms with Crippen LogP contribution in [-0.2, 0) is 0 Å². The second-order valence-electron chi connectivity index (χ2n) is 7.29. The summed E-state index contributed by atoms with van der Waals surface area (Å²) in [6, 6.07) is 19.2. The zero-order valence-corrected chi connectivity index (χ0v) is 15.1. The fraction of sp³-hybridized carbons (Fsp3) is 0.333. The van der Waals surface area contributed by atoms with Crippen molar-refractivity contribution < 1.29 is 4.52 Å². The van der Waals surface area contributed by atoms with Gasteiger partial charge in [-0.1, -0.05) is 59.2 Å². The maximum atomic E-state index is 6.09. The van der Waals surface area contributed by atoms with Crippen LogP contribution in [0.3, 0.4) is 0 Å². The molecule has 26 heavy (non-hydrogen) atoms. The van der Waals surface area contributed by atoms with Crippen LogP contribution in [0, 0.1) is 0 Å². The van der Waals surface area contributed by atoms with E-state index in [2.05, 4.69) is 22.6 Å². The Morgan fingerprint density at radius 3 is 2.62 bits per heavy atom. The van der Waals surface area contributed by atoms with E-state index in [1.807, 2.05) is 42.5 Å². The van der Waals surface area contributed by atoms with E-state index in [0.29, 0.717) is 23.8 Å². The van der Waals surface area contributed by atoms with Crippen molar-refractivity contribution in [2.75, 3.05) is 0 Å². The van der Waals surface area contributed by atoms with Crippen molar-refractivity contribution in [3.8, 4) is 11.4 Å². The number of nitrogens with zero attached hydrogens (tertiary/aromatic N) is 2. The minimum atomic E-state index is 0.194. The van der Waals surface area contributed by atoms with Crippen LogP contribution in [-0.4, -0.2) is 22.2 Å². The van der Waals surface area contributed by atoms with E-state index in [9.17, 15) is 0 Å². The van der Waals surface area contributed by atoms with Gasteiger partial charge in [0.1, 0.15) is 0 Å². The summed E-state index contributed by atoms with van der Waals surface area (Å²) >= 11 is 6.09. The van der Waals surface area contributed by atoms with Crippen LogP contribution in [0.1, 0.15) is 42.6 Å². The lowest BCUT2D eigenvalue weighted by atomic mass is 9.77. The van der Waals surface area contributed by atoms with Crippen LogP contribution in [0.5, 0.6) is 0 Å². The van der Waals surface area contributed by atoms with E-state index in [-0.39, 0.29) is 5.92 Å². The van der Waals surface area contributed by atoms with Crippen LogP contribution in [0.4, 0.5) is 0 Å². The van der Waals surface area contributed by atoms with E-state index in [0.717, 1.165) is 29.3 Å². The summed E-state index contributed by atoms with van der Waals surface area (Å²) in [5, 5.41) is 8.77. The number of fused-ring (bicyclic) bond motifs is 2. The van der Waals surface area contributed by atoms with Crippen molar-refractivity contribution in [3.63, 3.8) is 0 Å². The van der Waals surface area contributed by atoms with E-state index < -0.39 is 0 Å². The number of piperidine rings is 1. The molecule has 3 heterocycles. The third-order valence-corrected chi connectivity index (χ3v) is 5.99. The Bertz CT molecular complexity index is 893. The Balaban J connectivity index is 1.52. The van der Waals surface area contributed by atoms with E-state index >= 15 is 0 Å². The molecule has 5 heteroatoms. The van der Waals surface area contributed by atoms with Crippen LogP contribution in [0.2, 0.25) is 5.02 Å². The average Bonchev–Trinajstić information content (AvgIpc) is 3.31. The second-order valence-corrected chi connectivity index (χ2v) is 7.73. The highest BCUT2D eigenvalue weighted by atomic mass is 35.5. The van der Waals surface area contributed by atoms with Crippen molar-refractivity contribution in [2.45, 2.75) is 43.2 Å². The van der Waals surface area contributed by atoms with Crippen molar-refractivity contribution in [1.82, 2.24) is 15.5 Å². The van der Waals surface area contributed by atoms with Crippen molar-refractivity contribution in [2.24, 2.45) is 0 Å². The predicted octanol–water partition coefficient (Wildman–Crippen LogP) is 4.78. The lowest BCUT2D eigenvalue weighted by Gasteiger charge is -2.35. The van der Waals surface area contributed by atoms with Gasteiger partial charge in [0.05, 0.1) is 5.92 Å². The minimum absolute atomic E-state index is 0.194. The number of benzene rings is 2. The molecule has 2 fully saturated rings. The van der Waals surface area contributed by atoms with Gasteiger partial charge in [-0.25, -0.2) is 0 Å².